The molecule has 134 valence electrons. The van der Waals surface area contributed by atoms with E-state index in [4.69, 9.17) is 0 Å². The van der Waals surface area contributed by atoms with Gasteiger partial charge in [0, 0.05) is 24.9 Å². The number of carbonyl (C=O) groups is 1. The molecule has 3 aromatic rings. The number of rotatable bonds is 3. The first-order valence-corrected chi connectivity index (χ1v) is 8.73. The predicted molar refractivity (Wildman–Crippen MR) is 94.2 cm³/mol. The Labute approximate surface area is 149 Å². The minimum Gasteiger partial charge on any atom is -0.334 e. The van der Waals surface area contributed by atoms with Crippen molar-refractivity contribution < 1.29 is 9.18 Å². The predicted octanol–water partition coefficient (Wildman–Crippen LogP) is 2.46. The normalized spacial score (nSPS) is 17.6. The quantitative estimate of drug-likeness (QED) is 0.785. The van der Waals surface area contributed by atoms with Gasteiger partial charge in [-0.2, -0.15) is 0 Å². The van der Waals surface area contributed by atoms with Crippen LogP contribution >= 0.6 is 0 Å². The van der Waals surface area contributed by atoms with Gasteiger partial charge in [-0.25, -0.2) is 13.9 Å². The number of amides is 1. The Balaban J connectivity index is 1.63. The van der Waals surface area contributed by atoms with Crippen molar-refractivity contribution in [3.05, 3.63) is 70.0 Å². The zero-order valence-electron chi connectivity index (χ0n) is 14.2. The van der Waals surface area contributed by atoms with Crippen molar-refractivity contribution >= 4 is 11.6 Å². The molecule has 0 bridgehead atoms. The van der Waals surface area contributed by atoms with Crippen LogP contribution in [0.3, 0.4) is 0 Å². The molecule has 1 atom stereocenters. The average Bonchev–Trinajstić information content (AvgIpc) is 3.11. The molecule has 2 aromatic heterocycles. The topological polar surface area (TPSA) is 70.5 Å². The van der Waals surface area contributed by atoms with E-state index < -0.39 is 0 Å². The molecule has 1 fully saturated rings. The summed E-state index contributed by atoms with van der Waals surface area (Å²) in [5.41, 5.74) is 1.60. The van der Waals surface area contributed by atoms with Crippen LogP contribution in [0.25, 0.3) is 5.65 Å². The molecule has 1 aliphatic rings. The number of aromatic amines is 1. The monoisotopic (exact) mass is 354 g/mol. The van der Waals surface area contributed by atoms with Crippen LogP contribution in [-0.4, -0.2) is 31.9 Å². The number of nitrogens with zero attached hydrogens (tertiary/aromatic N) is 3. The minimum absolute atomic E-state index is 0.0728. The molecule has 6 nitrogen and oxygen atoms in total. The third-order valence-electron chi connectivity index (χ3n) is 4.81. The van der Waals surface area contributed by atoms with Gasteiger partial charge in [0.05, 0.1) is 18.2 Å². The summed E-state index contributed by atoms with van der Waals surface area (Å²) in [4.78, 5) is 31.4. The van der Waals surface area contributed by atoms with Gasteiger partial charge in [-0.15, -0.1) is 0 Å². The Kier molecular flexibility index (Phi) is 4.28. The van der Waals surface area contributed by atoms with Crippen molar-refractivity contribution in [3.8, 4) is 0 Å². The number of nitrogens with one attached hydrogen (secondary N) is 1. The van der Waals surface area contributed by atoms with E-state index in [-0.39, 0.29) is 29.7 Å². The minimum atomic E-state index is -0.349. The largest absolute Gasteiger partial charge is 0.334 e. The van der Waals surface area contributed by atoms with E-state index in [2.05, 4.69) is 10.1 Å². The molecule has 3 heterocycles. The van der Waals surface area contributed by atoms with Gasteiger partial charge < -0.3 is 4.90 Å². The molecular weight excluding hydrogens is 335 g/mol. The molecule has 1 saturated heterocycles. The van der Waals surface area contributed by atoms with E-state index in [0.717, 1.165) is 19.3 Å². The number of fused-ring (bicyclic) bond motifs is 1. The van der Waals surface area contributed by atoms with Gasteiger partial charge in [-0.1, -0.05) is 12.1 Å². The number of halogens is 1. The van der Waals surface area contributed by atoms with Crippen molar-refractivity contribution in [1.82, 2.24) is 19.5 Å². The zero-order chi connectivity index (χ0) is 18.1. The van der Waals surface area contributed by atoms with E-state index in [1.54, 1.807) is 29.3 Å². The number of aromatic nitrogens is 3. The van der Waals surface area contributed by atoms with Gasteiger partial charge in [-0.05, 0) is 37.0 Å². The van der Waals surface area contributed by atoms with Crippen LogP contribution in [0.1, 0.15) is 36.6 Å². The average molecular weight is 354 g/mol. The smallest absolute Gasteiger partial charge is 0.272 e. The first-order chi connectivity index (χ1) is 12.6. The summed E-state index contributed by atoms with van der Waals surface area (Å²) in [6.07, 6.45) is 4.45. The number of carbonyl (C=O) groups excluding carboxylic acids is 1. The van der Waals surface area contributed by atoms with Crippen LogP contribution < -0.4 is 5.56 Å². The molecule has 0 spiro atoms. The highest BCUT2D eigenvalue weighted by atomic mass is 19.1. The summed E-state index contributed by atoms with van der Waals surface area (Å²) in [6, 6.07) is 9.09. The number of likely N-dealkylation sites (tertiary alicyclic amines) is 1. The van der Waals surface area contributed by atoms with E-state index in [9.17, 15) is 14.0 Å². The number of piperidine rings is 1. The highest BCUT2D eigenvalue weighted by Gasteiger charge is 2.29. The molecule has 1 amide bonds. The summed E-state index contributed by atoms with van der Waals surface area (Å²) in [6.45, 7) is 0.618. The van der Waals surface area contributed by atoms with Crippen molar-refractivity contribution in [1.29, 1.82) is 0 Å². The number of H-pyrrole nitrogens is 1. The van der Waals surface area contributed by atoms with E-state index >= 15 is 0 Å². The lowest BCUT2D eigenvalue weighted by Gasteiger charge is -2.35. The van der Waals surface area contributed by atoms with E-state index in [0.29, 0.717) is 23.4 Å². The van der Waals surface area contributed by atoms with Gasteiger partial charge in [0.15, 0.2) is 5.65 Å². The van der Waals surface area contributed by atoms with Gasteiger partial charge in [0.2, 0.25) is 5.91 Å². The second-order valence-corrected chi connectivity index (χ2v) is 6.58. The fourth-order valence-corrected chi connectivity index (χ4v) is 3.58. The van der Waals surface area contributed by atoms with Crippen molar-refractivity contribution in [2.24, 2.45) is 0 Å². The van der Waals surface area contributed by atoms with E-state index in [1.807, 2.05) is 0 Å². The van der Waals surface area contributed by atoms with Crippen LogP contribution in [0.2, 0.25) is 0 Å². The van der Waals surface area contributed by atoms with Gasteiger partial charge >= 0.3 is 0 Å². The molecule has 0 radical (unpaired) electrons. The Hall–Kier alpha value is -2.96. The van der Waals surface area contributed by atoms with Crippen LogP contribution in [0.5, 0.6) is 0 Å². The maximum Gasteiger partial charge on any atom is 0.272 e. The maximum atomic E-state index is 13.4. The Bertz CT molecular complexity index is 1010. The number of hydrogen-bond donors (Lipinski definition) is 1. The SMILES string of the molecule is O=C(Cc1cccc(F)c1)N1CCCCC1c1cc(=O)n2[nH]ccc2n1. The van der Waals surface area contributed by atoms with Crippen LogP contribution in [0.4, 0.5) is 4.39 Å². The Morgan fingerprint density at radius 1 is 1.27 bits per heavy atom. The standard InChI is InChI=1S/C19H19FN4O2/c20-14-5-3-4-13(10-14)11-18(25)23-9-2-1-6-16(23)15-12-19(26)24-17(22-15)7-8-21-24/h3-5,7-8,10,12,16,21H,1-2,6,9,11H2. The highest BCUT2D eigenvalue weighted by Crippen LogP contribution is 2.30. The summed E-state index contributed by atoms with van der Waals surface area (Å²) >= 11 is 0. The highest BCUT2D eigenvalue weighted by molar-refractivity contribution is 5.79. The molecule has 1 unspecified atom stereocenters. The van der Waals surface area contributed by atoms with Gasteiger partial charge in [-0.3, -0.25) is 14.7 Å². The Morgan fingerprint density at radius 3 is 3.00 bits per heavy atom. The first-order valence-electron chi connectivity index (χ1n) is 8.73. The van der Waals surface area contributed by atoms with Crippen LogP contribution in [0.15, 0.2) is 47.4 Å². The molecule has 0 aliphatic carbocycles. The molecule has 1 aromatic carbocycles. The lowest BCUT2D eigenvalue weighted by molar-refractivity contribution is -0.134. The molecule has 7 heteroatoms. The summed E-state index contributed by atoms with van der Waals surface area (Å²) < 4.78 is 14.8. The van der Waals surface area contributed by atoms with E-state index in [1.165, 1.54) is 22.7 Å². The lowest BCUT2D eigenvalue weighted by atomic mass is 9.98. The fraction of sp³-hybridized carbons (Fsp3) is 0.316. The Morgan fingerprint density at radius 2 is 2.15 bits per heavy atom. The van der Waals surface area contributed by atoms with Crippen LogP contribution in [-0.2, 0) is 11.2 Å². The van der Waals surface area contributed by atoms with Gasteiger partial charge in [0.1, 0.15) is 5.82 Å². The summed E-state index contributed by atoms with van der Waals surface area (Å²) in [5, 5.41) is 2.82. The fourth-order valence-electron chi connectivity index (χ4n) is 3.58. The van der Waals surface area contributed by atoms with Gasteiger partial charge in [0.25, 0.3) is 5.56 Å². The lowest BCUT2D eigenvalue weighted by Crippen LogP contribution is -2.40. The molecule has 26 heavy (non-hydrogen) atoms. The summed E-state index contributed by atoms with van der Waals surface area (Å²) in [7, 11) is 0. The molecule has 1 aliphatic heterocycles. The third kappa shape index (κ3) is 3.12. The summed E-state index contributed by atoms with van der Waals surface area (Å²) in [5.74, 6) is -0.422. The molecular formula is C19H19FN4O2. The second kappa shape index (κ2) is 6.74. The second-order valence-electron chi connectivity index (χ2n) is 6.58. The van der Waals surface area contributed by atoms with Crippen LogP contribution in [0, 0.1) is 5.82 Å². The van der Waals surface area contributed by atoms with Crippen molar-refractivity contribution in [2.45, 2.75) is 31.7 Å². The van der Waals surface area contributed by atoms with Crippen molar-refractivity contribution in [3.63, 3.8) is 0 Å². The zero-order valence-corrected chi connectivity index (χ0v) is 14.2. The molecule has 4 rings (SSSR count). The van der Waals surface area contributed by atoms with Crippen molar-refractivity contribution in [2.75, 3.05) is 6.54 Å². The third-order valence-corrected chi connectivity index (χ3v) is 4.81. The maximum absolute atomic E-state index is 13.4. The number of benzene rings is 1. The number of hydrogen-bond acceptors (Lipinski definition) is 3. The molecule has 0 saturated carbocycles. The molecule has 1 N–H and O–H groups in total. The first kappa shape index (κ1) is 16.5.